The monoisotopic (exact) mass is 478 g/mol. The van der Waals surface area contributed by atoms with E-state index < -0.39 is 6.09 Å². The maximum atomic E-state index is 12.8. The van der Waals surface area contributed by atoms with E-state index >= 15 is 0 Å². The first-order valence-electron chi connectivity index (χ1n) is 11.2. The van der Waals surface area contributed by atoms with E-state index in [1.807, 2.05) is 54.6 Å². The molecule has 1 saturated heterocycles. The fraction of sp³-hybridized carbons (Fsp3) is 0.231. The van der Waals surface area contributed by atoms with Crippen molar-refractivity contribution in [3.8, 4) is 0 Å². The van der Waals surface area contributed by atoms with Crippen LogP contribution >= 0.6 is 11.6 Å². The van der Waals surface area contributed by atoms with Crippen molar-refractivity contribution >= 4 is 40.7 Å². The zero-order chi connectivity index (χ0) is 23.9. The van der Waals surface area contributed by atoms with Gasteiger partial charge < -0.3 is 20.7 Å². The molecular formula is C26H27ClN4O3. The number of rotatable bonds is 6. The summed E-state index contributed by atoms with van der Waals surface area (Å²) in [5.74, 6) is -0.333. The number of ether oxygens (including phenoxy) is 1. The first-order chi connectivity index (χ1) is 16.5. The number of hydrogen-bond donors (Lipinski definition) is 3. The molecule has 3 aromatic carbocycles. The number of benzene rings is 3. The fourth-order valence-electron chi connectivity index (χ4n) is 3.79. The van der Waals surface area contributed by atoms with Crippen LogP contribution < -0.4 is 21.3 Å². The molecule has 3 aromatic rings. The summed E-state index contributed by atoms with van der Waals surface area (Å²) >= 11 is 6.18. The summed E-state index contributed by atoms with van der Waals surface area (Å²) in [6.07, 6.45) is 1.32. The molecule has 176 valence electrons. The van der Waals surface area contributed by atoms with Gasteiger partial charge in [0.25, 0.3) is 5.91 Å². The lowest BCUT2D eigenvalue weighted by Crippen LogP contribution is -2.39. The molecule has 1 fully saturated rings. The lowest BCUT2D eigenvalue weighted by atomic mass is 10.1. The lowest BCUT2D eigenvalue weighted by Gasteiger charge is -2.32. The Morgan fingerprint density at radius 2 is 1.65 bits per heavy atom. The minimum Gasteiger partial charge on any atom is -0.444 e. The number of halogens is 1. The van der Waals surface area contributed by atoms with Gasteiger partial charge in [0.2, 0.25) is 0 Å². The average Bonchev–Trinajstić information content (AvgIpc) is 2.84. The van der Waals surface area contributed by atoms with Crippen molar-refractivity contribution in [2.45, 2.75) is 25.5 Å². The van der Waals surface area contributed by atoms with Crippen LogP contribution in [0.4, 0.5) is 21.9 Å². The first kappa shape index (κ1) is 23.6. The van der Waals surface area contributed by atoms with Gasteiger partial charge in [0.05, 0.1) is 0 Å². The van der Waals surface area contributed by atoms with Gasteiger partial charge in [0.15, 0.2) is 0 Å². The molecule has 34 heavy (non-hydrogen) atoms. The molecule has 4 rings (SSSR count). The van der Waals surface area contributed by atoms with E-state index in [1.165, 1.54) is 0 Å². The number of nitrogens with two attached hydrogens (primary N) is 1. The summed E-state index contributed by atoms with van der Waals surface area (Å²) in [5.41, 5.74) is 9.32. The Labute approximate surface area is 203 Å². The zero-order valence-electron chi connectivity index (χ0n) is 18.7. The van der Waals surface area contributed by atoms with Crippen LogP contribution in [-0.4, -0.2) is 31.1 Å². The van der Waals surface area contributed by atoms with Crippen LogP contribution in [0.25, 0.3) is 0 Å². The van der Waals surface area contributed by atoms with Crippen LogP contribution in [-0.2, 0) is 11.3 Å². The molecule has 7 nitrogen and oxygen atoms in total. The minimum atomic E-state index is -0.633. The van der Waals surface area contributed by atoms with Crippen LogP contribution in [0.1, 0.15) is 28.8 Å². The van der Waals surface area contributed by atoms with Crippen LogP contribution in [0.15, 0.2) is 72.8 Å². The van der Waals surface area contributed by atoms with Crippen LogP contribution in [0, 0.1) is 0 Å². The average molecular weight is 479 g/mol. The predicted octanol–water partition coefficient (Wildman–Crippen LogP) is 5.27. The van der Waals surface area contributed by atoms with Gasteiger partial charge in [0, 0.05) is 46.8 Å². The molecule has 0 saturated carbocycles. The van der Waals surface area contributed by atoms with E-state index in [2.05, 4.69) is 15.5 Å². The van der Waals surface area contributed by atoms with E-state index in [9.17, 15) is 9.59 Å². The molecule has 1 aliphatic heterocycles. The lowest BCUT2D eigenvalue weighted by molar-refractivity contribution is 0.102. The molecular weight excluding hydrogens is 452 g/mol. The quantitative estimate of drug-likeness (QED) is 0.448. The van der Waals surface area contributed by atoms with Crippen molar-refractivity contribution in [2.75, 3.05) is 28.6 Å². The van der Waals surface area contributed by atoms with Gasteiger partial charge in [-0.25, -0.2) is 4.79 Å². The third-order valence-electron chi connectivity index (χ3n) is 5.65. The van der Waals surface area contributed by atoms with Gasteiger partial charge in [-0.3, -0.25) is 10.1 Å². The fourth-order valence-corrected chi connectivity index (χ4v) is 4.02. The third kappa shape index (κ3) is 6.50. The van der Waals surface area contributed by atoms with Crippen LogP contribution in [0.3, 0.4) is 0 Å². The first-order valence-corrected chi connectivity index (χ1v) is 11.5. The summed E-state index contributed by atoms with van der Waals surface area (Å²) < 4.78 is 5.23. The van der Waals surface area contributed by atoms with Gasteiger partial charge in [-0.05, 0) is 60.9 Å². The molecule has 4 N–H and O–H groups in total. The second-order valence-corrected chi connectivity index (χ2v) is 8.68. The van der Waals surface area contributed by atoms with Crippen LogP contribution in [0.2, 0.25) is 5.02 Å². The maximum absolute atomic E-state index is 12.8. The highest BCUT2D eigenvalue weighted by Gasteiger charge is 2.16. The second kappa shape index (κ2) is 11.0. The summed E-state index contributed by atoms with van der Waals surface area (Å²) in [6.45, 7) is 2.00. The number of nitrogens with zero attached hydrogens (tertiary/aromatic N) is 1. The number of nitrogens with one attached hydrogen (secondary N) is 2. The standard InChI is InChI=1S/C26H27ClN4O3/c27-20-14-19(15-23(16-20)30-26(33)34-17-18-4-2-1-3-5-18)25(32)29-22-6-8-24(9-7-22)31-12-10-21(28)11-13-31/h1-9,14-16,21H,10-13,17,28H2,(H,29,32)(H,30,33). The van der Waals surface area contributed by atoms with E-state index in [0.717, 1.165) is 37.2 Å². The van der Waals surface area contributed by atoms with Gasteiger partial charge in [-0.2, -0.15) is 0 Å². The second-order valence-electron chi connectivity index (χ2n) is 8.24. The Hall–Kier alpha value is -3.55. The Morgan fingerprint density at radius 1 is 0.941 bits per heavy atom. The maximum Gasteiger partial charge on any atom is 0.411 e. The summed E-state index contributed by atoms with van der Waals surface area (Å²) in [7, 11) is 0. The molecule has 0 atom stereocenters. The van der Waals surface area contributed by atoms with Crippen molar-refractivity contribution in [1.29, 1.82) is 0 Å². The molecule has 1 heterocycles. The molecule has 0 aromatic heterocycles. The number of anilines is 3. The van der Waals surface area contributed by atoms with Gasteiger partial charge in [-0.15, -0.1) is 0 Å². The smallest absolute Gasteiger partial charge is 0.411 e. The Balaban J connectivity index is 1.35. The summed E-state index contributed by atoms with van der Waals surface area (Å²) in [5, 5.41) is 5.81. The Kier molecular flexibility index (Phi) is 7.67. The molecule has 1 aliphatic rings. The molecule has 0 unspecified atom stereocenters. The molecule has 0 aliphatic carbocycles. The normalized spacial score (nSPS) is 13.9. The van der Waals surface area contributed by atoms with Crippen molar-refractivity contribution in [2.24, 2.45) is 5.73 Å². The van der Waals surface area contributed by atoms with E-state index in [-0.39, 0.29) is 18.6 Å². The number of carbonyl (C=O) groups excluding carboxylic acids is 2. The molecule has 0 bridgehead atoms. The summed E-state index contributed by atoms with van der Waals surface area (Å²) in [6, 6.07) is 22.0. The predicted molar refractivity (Wildman–Crippen MR) is 136 cm³/mol. The van der Waals surface area contributed by atoms with E-state index in [1.54, 1.807) is 18.2 Å². The number of piperidine rings is 1. The minimum absolute atomic E-state index is 0.140. The van der Waals surface area contributed by atoms with Crippen molar-refractivity contribution in [3.63, 3.8) is 0 Å². The molecule has 0 spiro atoms. The molecule has 2 amide bonds. The van der Waals surface area contributed by atoms with Crippen LogP contribution in [0.5, 0.6) is 0 Å². The van der Waals surface area contributed by atoms with Crippen molar-refractivity contribution in [1.82, 2.24) is 0 Å². The Bertz CT molecular complexity index is 1130. The Morgan fingerprint density at radius 3 is 2.35 bits per heavy atom. The highest BCUT2D eigenvalue weighted by atomic mass is 35.5. The van der Waals surface area contributed by atoms with Gasteiger partial charge in [-0.1, -0.05) is 41.9 Å². The van der Waals surface area contributed by atoms with Crippen molar-refractivity contribution in [3.05, 3.63) is 88.9 Å². The third-order valence-corrected chi connectivity index (χ3v) is 5.87. The summed E-state index contributed by atoms with van der Waals surface area (Å²) in [4.78, 5) is 27.3. The largest absolute Gasteiger partial charge is 0.444 e. The van der Waals surface area contributed by atoms with Crippen molar-refractivity contribution < 1.29 is 14.3 Å². The van der Waals surface area contributed by atoms with E-state index in [0.29, 0.717) is 22.0 Å². The number of hydrogen-bond acceptors (Lipinski definition) is 5. The van der Waals surface area contributed by atoms with Gasteiger partial charge >= 0.3 is 6.09 Å². The van der Waals surface area contributed by atoms with Gasteiger partial charge in [0.1, 0.15) is 6.61 Å². The zero-order valence-corrected chi connectivity index (χ0v) is 19.4. The van der Waals surface area contributed by atoms with E-state index in [4.69, 9.17) is 22.1 Å². The SMILES string of the molecule is NC1CCN(c2ccc(NC(=O)c3cc(Cl)cc(NC(=O)OCc4ccccc4)c3)cc2)CC1. The molecule has 0 radical (unpaired) electrons. The highest BCUT2D eigenvalue weighted by molar-refractivity contribution is 6.31. The highest BCUT2D eigenvalue weighted by Crippen LogP contribution is 2.23. The number of amides is 2. The topological polar surface area (TPSA) is 96.7 Å². The number of carbonyl (C=O) groups is 2. The molecule has 8 heteroatoms.